The van der Waals surface area contributed by atoms with E-state index in [0.29, 0.717) is 39.3 Å². The molecule has 2 aromatic rings. The van der Waals surface area contributed by atoms with Gasteiger partial charge in [0.05, 0.1) is 13.2 Å². The third-order valence-electron chi connectivity index (χ3n) is 7.76. The number of benzene rings is 1. The third kappa shape index (κ3) is 4.39. The molecule has 0 unspecified atom stereocenters. The number of fused-ring (bicyclic) bond motifs is 2. The first-order valence-corrected chi connectivity index (χ1v) is 12.1. The van der Waals surface area contributed by atoms with E-state index in [1.807, 2.05) is 4.90 Å². The number of nitrogens with one attached hydrogen (secondary N) is 1. The number of carbonyl (C=O) groups excluding carboxylic acids is 2. The van der Waals surface area contributed by atoms with Crippen LogP contribution in [0.4, 0.5) is 0 Å². The van der Waals surface area contributed by atoms with E-state index in [4.69, 9.17) is 4.74 Å². The molecular weight excluding hydrogens is 418 g/mol. The first-order valence-electron chi connectivity index (χ1n) is 12.1. The van der Waals surface area contributed by atoms with Crippen LogP contribution >= 0.6 is 0 Å². The molecule has 3 aliphatic heterocycles. The van der Waals surface area contributed by atoms with Crippen molar-refractivity contribution in [2.45, 2.75) is 43.9 Å². The van der Waals surface area contributed by atoms with Gasteiger partial charge in [0.25, 0.3) is 0 Å². The first kappa shape index (κ1) is 22.4. The highest BCUT2D eigenvalue weighted by Gasteiger charge is 2.45. The van der Waals surface area contributed by atoms with Crippen molar-refractivity contribution in [1.29, 1.82) is 0 Å². The Bertz CT molecular complexity index is 1010. The molecule has 0 saturated carbocycles. The van der Waals surface area contributed by atoms with Crippen LogP contribution in [0.5, 0.6) is 0 Å². The molecule has 3 fully saturated rings. The van der Waals surface area contributed by atoms with E-state index < -0.39 is 0 Å². The molecule has 3 saturated heterocycles. The van der Waals surface area contributed by atoms with Gasteiger partial charge in [0, 0.05) is 75.4 Å². The summed E-state index contributed by atoms with van der Waals surface area (Å²) in [5.74, 6) is 0.314. The van der Waals surface area contributed by atoms with Crippen molar-refractivity contribution in [3.63, 3.8) is 0 Å². The molecule has 0 radical (unpaired) electrons. The van der Waals surface area contributed by atoms with Crippen molar-refractivity contribution in [3.05, 3.63) is 36.0 Å². The minimum atomic E-state index is -0.158. The standard InChI is InChI=1S/C25H35N5O3/c1-27-16-18(20-5-3-4-6-21(20)27)17-30-10-9-22-24(30)25(32)26-15-19(28(22)2)7-8-23(31)29-11-13-33-14-12-29/h3-6,16,19,22,24H,7-15,17H2,1-2H3,(H,26,32)/t19-,22-,24-/m0/s1. The van der Waals surface area contributed by atoms with Gasteiger partial charge in [-0.1, -0.05) is 18.2 Å². The summed E-state index contributed by atoms with van der Waals surface area (Å²) in [6.45, 7) is 4.89. The minimum Gasteiger partial charge on any atom is -0.378 e. The number of hydrogen-bond donors (Lipinski definition) is 1. The summed E-state index contributed by atoms with van der Waals surface area (Å²) in [6.07, 6.45) is 4.44. The summed E-state index contributed by atoms with van der Waals surface area (Å²) in [5.41, 5.74) is 2.48. The van der Waals surface area contributed by atoms with Crippen LogP contribution in [-0.4, -0.2) is 95.6 Å². The highest BCUT2D eigenvalue weighted by atomic mass is 16.5. The van der Waals surface area contributed by atoms with Crippen molar-refractivity contribution >= 4 is 22.7 Å². The average molecular weight is 454 g/mol. The van der Waals surface area contributed by atoms with Crippen molar-refractivity contribution < 1.29 is 14.3 Å². The second kappa shape index (κ2) is 9.44. The zero-order valence-electron chi connectivity index (χ0n) is 19.7. The van der Waals surface area contributed by atoms with Gasteiger partial charge in [-0.25, -0.2) is 0 Å². The predicted octanol–water partition coefficient (Wildman–Crippen LogP) is 1.19. The lowest BCUT2D eigenvalue weighted by atomic mass is 10.0. The summed E-state index contributed by atoms with van der Waals surface area (Å²) in [7, 11) is 4.21. The van der Waals surface area contributed by atoms with Crippen molar-refractivity contribution in [2.24, 2.45) is 7.05 Å². The number of aromatic nitrogens is 1. The van der Waals surface area contributed by atoms with Crippen LogP contribution in [0.15, 0.2) is 30.5 Å². The van der Waals surface area contributed by atoms with Crippen LogP contribution in [0.1, 0.15) is 24.8 Å². The normalized spacial score (nSPS) is 26.9. The lowest BCUT2D eigenvalue weighted by Gasteiger charge is -2.33. The molecule has 1 aromatic heterocycles. The molecule has 8 heteroatoms. The molecule has 1 aromatic carbocycles. The Hall–Kier alpha value is -2.42. The van der Waals surface area contributed by atoms with Gasteiger partial charge in [0.15, 0.2) is 0 Å². The van der Waals surface area contributed by atoms with Gasteiger partial charge in [0.1, 0.15) is 6.04 Å². The first-order chi connectivity index (χ1) is 16.0. The molecule has 8 nitrogen and oxygen atoms in total. The Kier molecular flexibility index (Phi) is 6.40. The molecule has 4 heterocycles. The number of amides is 2. The Morgan fingerprint density at radius 2 is 1.94 bits per heavy atom. The largest absolute Gasteiger partial charge is 0.378 e. The molecule has 3 aliphatic rings. The van der Waals surface area contributed by atoms with E-state index in [-0.39, 0.29) is 29.9 Å². The molecule has 5 rings (SSSR count). The van der Waals surface area contributed by atoms with Gasteiger partial charge in [0.2, 0.25) is 11.8 Å². The average Bonchev–Trinajstić information content (AvgIpc) is 3.37. The predicted molar refractivity (Wildman–Crippen MR) is 127 cm³/mol. The Morgan fingerprint density at radius 1 is 1.15 bits per heavy atom. The zero-order chi connectivity index (χ0) is 22.9. The van der Waals surface area contributed by atoms with Crippen LogP contribution in [0.25, 0.3) is 10.9 Å². The number of carbonyl (C=O) groups is 2. The number of rotatable bonds is 5. The lowest BCUT2D eigenvalue weighted by Crippen LogP contribution is -2.49. The maximum absolute atomic E-state index is 13.2. The Morgan fingerprint density at radius 3 is 2.76 bits per heavy atom. The molecule has 33 heavy (non-hydrogen) atoms. The zero-order valence-corrected chi connectivity index (χ0v) is 19.7. The molecular formula is C25H35N5O3. The summed E-state index contributed by atoms with van der Waals surface area (Å²) in [6, 6.07) is 8.63. The SMILES string of the molecule is CN1[C@@H](CCC(=O)N2CCOCC2)CNC(=O)[C@@H]2[C@@H]1CCN2Cc1cn(C)c2ccccc12. The number of hydrogen-bond acceptors (Lipinski definition) is 5. The number of likely N-dealkylation sites (tertiary alicyclic amines) is 1. The van der Waals surface area contributed by atoms with Gasteiger partial charge < -0.3 is 19.5 Å². The highest BCUT2D eigenvalue weighted by molar-refractivity contribution is 5.85. The number of morpholine rings is 1. The maximum atomic E-state index is 13.2. The van der Waals surface area contributed by atoms with Crippen molar-refractivity contribution in [1.82, 2.24) is 24.6 Å². The maximum Gasteiger partial charge on any atom is 0.239 e. The van der Waals surface area contributed by atoms with Gasteiger partial charge in [-0.2, -0.15) is 0 Å². The van der Waals surface area contributed by atoms with Crippen LogP contribution in [0.2, 0.25) is 0 Å². The van der Waals surface area contributed by atoms with Gasteiger partial charge in [-0.15, -0.1) is 0 Å². The Labute approximate surface area is 195 Å². The number of likely N-dealkylation sites (N-methyl/N-ethyl adjacent to an activating group) is 1. The monoisotopic (exact) mass is 453 g/mol. The van der Waals surface area contributed by atoms with Crippen molar-refractivity contribution in [2.75, 3.05) is 46.4 Å². The summed E-state index contributed by atoms with van der Waals surface area (Å²) >= 11 is 0. The summed E-state index contributed by atoms with van der Waals surface area (Å²) in [4.78, 5) is 32.4. The van der Waals surface area contributed by atoms with E-state index in [2.05, 4.69) is 64.2 Å². The van der Waals surface area contributed by atoms with Crippen LogP contribution < -0.4 is 5.32 Å². The number of ether oxygens (including phenoxy) is 1. The molecule has 0 bridgehead atoms. The van der Waals surface area contributed by atoms with Crippen molar-refractivity contribution in [3.8, 4) is 0 Å². The van der Waals surface area contributed by atoms with Gasteiger partial charge in [-0.05, 0) is 31.5 Å². The summed E-state index contributed by atoms with van der Waals surface area (Å²) < 4.78 is 7.52. The molecule has 178 valence electrons. The van der Waals surface area contributed by atoms with Crippen LogP contribution in [-0.2, 0) is 27.9 Å². The summed E-state index contributed by atoms with van der Waals surface area (Å²) in [5, 5.41) is 4.44. The minimum absolute atomic E-state index is 0.117. The van der Waals surface area contributed by atoms with E-state index in [1.54, 1.807) is 0 Å². The molecule has 0 aliphatic carbocycles. The van der Waals surface area contributed by atoms with Gasteiger partial charge in [-0.3, -0.25) is 19.4 Å². The van der Waals surface area contributed by atoms with E-state index in [1.165, 1.54) is 16.5 Å². The fraction of sp³-hybridized carbons (Fsp3) is 0.600. The highest BCUT2D eigenvalue weighted by Crippen LogP contribution is 2.30. The molecule has 0 spiro atoms. The number of para-hydroxylation sites is 1. The number of aryl methyl sites for hydroxylation is 1. The third-order valence-corrected chi connectivity index (χ3v) is 7.76. The second-order valence-electron chi connectivity index (χ2n) is 9.65. The molecule has 3 atom stereocenters. The fourth-order valence-electron chi connectivity index (χ4n) is 5.86. The fourth-order valence-corrected chi connectivity index (χ4v) is 5.86. The van der Waals surface area contributed by atoms with Crippen LogP contribution in [0, 0.1) is 0 Å². The second-order valence-corrected chi connectivity index (χ2v) is 9.65. The van der Waals surface area contributed by atoms with E-state index in [9.17, 15) is 9.59 Å². The lowest BCUT2D eigenvalue weighted by molar-refractivity contribution is -0.135. The van der Waals surface area contributed by atoms with Gasteiger partial charge >= 0.3 is 0 Å². The van der Waals surface area contributed by atoms with E-state index in [0.717, 1.165) is 25.9 Å². The topological polar surface area (TPSA) is 70.1 Å². The Balaban J connectivity index is 1.26. The van der Waals surface area contributed by atoms with Crippen LogP contribution in [0.3, 0.4) is 0 Å². The van der Waals surface area contributed by atoms with E-state index >= 15 is 0 Å². The quantitative estimate of drug-likeness (QED) is 0.737. The number of nitrogens with zero attached hydrogens (tertiary/aromatic N) is 4. The smallest absolute Gasteiger partial charge is 0.239 e. The molecule has 1 N–H and O–H groups in total. The molecule has 2 amide bonds.